The van der Waals surface area contributed by atoms with E-state index in [1.807, 2.05) is 18.2 Å². The highest BCUT2D eigenvalue weighted by Crippen LogP contribution is 2.27. The Kier molecular flexibility index (Phi) is 5.48. The minimum atomic E-state index is -0.326. The summed E-state index contributed by atoms with van der Waals surface area (Å²) in [6.07, 6.45) is 4.77. The molecule has 0 radical (unpaired) electrons. The second kappa shape index (κ2) is 7.77. The molecular weight excluding hydrogens is 306 g/mol. The lowest BCUT2D eigenvalue weighted by atomic mass is 9.80. The van der Waals surface area contributed by atoms with Crippen LogP contribution in [0.3, 0.4) is 0 Å². The molecule has 1 saturated heterocycles. The Hall–Kier alpha value is -1.92. The molecule has 1 aliphatic heterocycles. The van der Waals surface area contributed by atoms with E-state index in [2.05, 4.69) is 22.8 Å². The number of aryl methyl sites for hydroxylation is 1. The van der Waals surface area contributed by atoms with Crippen LogP contribution in [0.4, 0.5) is 0 Å². The van der Waals surface area contributed by atoms with Gasteiger partial charge in [-0.1, -0.05) is 30.3 Å². The van der Waals surface area contributed by atoms with Crippen LogP contribution in [-0.4, -0.2) is 35.1 Å². The number of hydroxylamine groups is 1. The minimum Gasteiger partial charge on any atom is -0.350 e. The standard InChI is InChI=1S/C18H25N3O3/c22-17(21-24)13-9-10-14-16(11-13)19-15(18(23)20-14)8-4-7-12-5-2-1-3-6-12/h1-3,5-6,13-16,19,24H,4,7-11H2,(H,20,23)(H,21,22). The quantitative estimate of drug-likeness (QED) is 0.481. The van der Waals surface area contributed by atoms with Crippen LogP contribution >= 0.6 is 0 Å². The predicted molar refractivity (Wildman–Crippen MR) is 89.3 cm³/mol. The molecule has 1 saturated carbocycles. The molecule has 6 heteroatoms. The van der Waals surface area contributed by atoms with Gasteiger partial charge in [0.2, 0.25) is 11.8 Å². The Bertz CT molecular complexity index is 578. The van der Waals surface area contributed by atoms with Gasteiger partial charge in [0.25, 0.3) is 0 Å². The number of amides is 2. The van der Waals surface area contributed by atoms with Crippen molar-refractivity contribution in [2.45, 2.75) is 56.7 Å². The van der Waals surface area contributed by atoms with Crippen molar-refractivity contribution in [2.24, 2.45) is 5.92 Å². The summed E-state index contributed by atoms with van der Waals surface area (Å²) >= 11 is 0. The van der Waals surface area contributed by atoms with E-state index in [1.54, 1.807) is 5.48 Å². The fourth-order valence-corrected chi connectivity index (χ4v) is 3.84. The lowest BCUT2D eigenvalue weighted by Gasteiger charge is -2.42. The first-order valence-electron chi connectivity index (χ1n) is 8.71. The number of carbonyl (C=O) groups excluding carboxylic acids is 2. The van der Waals surface area contributed by atoms with Gasteiger partial charge in [-0.2, -0.15) is 0 Å². The van der Waals surface area contributed by atoms with Crippen LogP contribution < -0.4 is 16.1 Å². The molecule has 24 heavy (non-hydrogen) atoms. The van der Waals surface area contributed by atoms with E-state index in [-0.39, 0.29) is 35.9 Å². The van der Waals surface area contributed by atoms with Gasteiger partial charge in [0, 0.05) is 18.0 Å². The first kappa shape index (κ1) is 16.9. The largest absolute Gasteiger partial charge is 0.350 e. The molecule has 0 spiro atoms. The van der Waals surface area contributed by atoms with E-state index < -0.39 is 0 Å². The number of nitrogens with one attached hydrogen (secondary N) is 3. The van der Waals surface area contributed by atoms with Gasteiger partial charge in [0.05, 0.1) is 6.04 Å². The SMILES string of the molecule is O=C(NO)C1CCC2NC(=O)C(CCCc3ccccc3)NC2C1. The van der Waals surface area contributed by atoms with Crippen LogP contribution in [0.25, 0.3) is 0 Å². The van der Waals surface area contributed by atoms with Gasteiger partial charge >= 0.3 is 0 Å². The normalized spacial score (nSPS) is 29.5. The molecule has 3 rings (SSSR count). The topological polar surface area (TPSA) is 90.5 Å². The summed E-state index contributed by atoms with van der Waals surface area (Å²) in [6.45, 7) is 0. The fourth-order valence-electron chi connectivity index (χ4n) is 3.84. The molecule has 4 N–H and O–H groups in total. The molecule has 1 aromatic rings. The molecule has 4 atom stereocenters. The fraction of sp³-hybridized carbons (Fsp3) is 0.556. The highest BCUT2D eigenvalue weighted by molar-refractivity contribution is 5.83. The van der Waals surface area contributed by atoms with Gasteiger partial charge in [-0.05, 0) is 44.1 Å². The summed E-state index contributed by atoms with van der Waals surface area (Å²) in [5, 5.41) is 15.3. The average molecular weight is 331 g/mol. The Labute approximate surface area is 142 Å². The summed E-state index contributed by atoms with van der Waals surface area (Å²) < 4.78 is 0. The third kappa shape index (κ3) is 3.94. The van der Waals surface area contributed by atoms with Crippen LogP contribution in [0.2, 0.25) is 0 Å². The summed E-state index contributed by atoms with van der Waals surface area (Å²) in [6, 6.07) is 10.2. The Morgan fingerprint density at radius 2 is 2.00 bits per heavy atom. The van der Waals surface area contributed by atoms with E-state index in [1.165, 1.54) is 5.56 Å². The van der Waals surface area contributed by atoms with Gasteiger partial charge in [0.1, 0.15) is 0 Å². The number of piperazine rings is 1. The molecule has 0 bridgehead atoms. The van der Waals surface area contributed by atoms with E-state index in [0.717, 1.165) is 25.7 Å². The maximum Gasteiger partial charge on any atom is 0.246 e. The van der Waals surface area contributed by atoms with Crippen LogP contribution in [0, 0.1) is 5.92 Å². The van der Waals surface area contributed by atoms with Crippen molar-refractivity contribution in [3.05, 3.63) is 35.9 Å². The number of fused-ring (bicyclic) bond motifs is 1. The average Bonchev–Trinajstić information content (AvgIpc) is 2.62. The van der Waals surface area contributed by atoms with Crippen molar-refractivity contribution in [1.82, 2.24) is 16.1 Å². The maximum atomic E-state index is 12.3. The first-order valence-corrected chi connectivity index (χ1v) is 8.71. The molecule has 2 amide bonds. The van der Waals surface area contributed by atoms with Crippen molar-refractivity contribution in [3.63, 3.8) is 0 Å². The number of benzene rings is 1. The van der Waals surface area contributed by atoms with E-state index in [9.17, 15) is 9.59 Å². The zero-order valence-corrected chi connectivity index (χ0v) is 13.7. The first-order chi connectivity index (χ1) is 11.7. The van der Waals surface area contributed by atoms with Crippen molar-refractivity contribution < 1.29 is 14.8 Å². The van der Waals surface area contributed by atoms with Gasteiger partial charge < -0.3 is 10.6 Å². The minimum absolute atomic E-state index is 0.0642. The molecule has 1 aromatic carbocycles. The van der Waals surface area contributed by atoms with Crippen LogP contribution in [0.15, 0.2) is 30.3 Å². The number of rotatable bonds is 5. The number of hydrogen-bond donors (Lipinski definition) is 4. The van der Waals surface area contributed by atoms with Gasteiger partial charge in [-0.15, -0.1) is 0 Å². The number of hydrogen-bond acceptors (Lipinski definition) is 4. The molecule has 2 aliphatic rings. The Morgan fingerprint density at radius 3 is 2.75 bits per heavy atom. The monoisotopic (exact) mass is 331 g/mol. The molecule has 2 fully saturated rings. The second-order valence-electron chi connectivity index (χ2n) is 6.80. The van der Waals surface area contributed by atoms with Gasteiger partial charge in [-0.25, -0.2) is 5.48 Å². The molecular formula is C18H25N3O3. The van der Waals surface area contributed by atoms with E-state index in [0.29, 0.717) is 12.8 Å². The summed E-state index contributed by atoms with van der Waals surface area (Å²) in [7, 11) is 0. The Morgan fingerprint density at radius 1 is 1.21 bits per heavy atom. The summed E-state index contributed by atoms with van der Waals surface area (Å²) in [4.78, 5) is 23.9. The van der Waals surface area contributed by atoms with Crippen LogP contribution in [0.1, 0.15) is 37.7 Å². The van der Waals surface area contributed by atoms with Crippen molar-refractivity contribution >= 4 is 11.8 Å². The third-order valence-corrected chi connectivity index (χ3v) is 5.19. The van der Waals surface area contributed by atoms with Gasteiger partial charge in [-0.3, -0.25) is 14.8 Å². The predicted octanol–water partition coefficient (Wildman–Crippen LogP) is 1.14. The summed E-state index contributed by atoms with van der Waals surface area (Å²) in [5.74, 6) is -0.453. The lowest BCUT2D eigenvalue weighted by Crippen LogP contribution is -2.65. The van der Waals surface area contributed by atoms with Crippen molar-refractivity contribution in [1.29, 1.82) is 0 Å². The second-order valence-corrected chi connectivity index (χ2v) is 6.80. The molecule has 6 nitrogen and oxygen atoms in total. The van der Waals surface area contributed by atoms with Gasteiger partial charge in [0.15, 0.2) is 0 Å². The number of carbonyl (C=O) groups is 2. The van der Waals surface area contributed by atoms with Crippen molar-refractivity contribution in [2.75, 3.05) is 0 Å². The van der Waals surface area contributed by atoms with E-state index in [4.69, 9.17) is 5.21 Å². The lowest BCUT2D eigenvalue weighted by molar-refractivity contribution is -0.135. The van der Waals surface area contributed by atoms with Crippen molar-refractivity contribution in [3.8, 4) is 0 Å². The molecule has 0 aromatic heterocycles. The molecule has 1 heterocycles. The van der Waals surface area contributed by atoms with E-state index >= 15 is 0 Å². The molecule has 4 unspecified atom stereocenters. The molecule has 130 valence electrons. The molecule has 1 aliphatic carbocycles. The smallest absolute Gasteiger partial charge is 0.246 e. The zero-order chi connectivity index (χ0) is 16.9. The highest BCUT2D eigenvalue weighted by Gasteiger charge is 2.40. The Balaban J connectivity index is 1.52. The maximum absolute atomic E-state index is 12.3. The zero-order valence-electron chi connectivity index (χ0n) is 13.7. The van der Waals surface area contributed by atoms with Crippen LogP contribution in [0.5, 0.6) is 0 Å². The third-order valence-electron chi connectivity index (χ3n) is 5.19. The highest BCUT2D eigenvalue weighted by atomic mass is 16.5. The summed E-state index contributed by atoms with van der Waals surface area (Å²) in [5.41, 5.74) is 3.03. The van der Waals surface area contributed by atoms with Crippen LogP contribution in [-0.2, 0) is 16.0 Å².